The molecule has 0 aliphatic heterocycles. The highest BCUT2D eigenvalue weighted by atomic mass is 16.5. The number of hydrogen-bond donors (Lipinski definition) is 2. The van der Waals surface area contributed by atoms with Crippen LogP contribution in [0.3, 0.4) is 0 Å². The lowest BCUT2D eigenvalue weighted by Gasteiger charge is -2.11. The maximum atomic E-state index is 11.7. The highest BCUT2D eigenvalue weighted by Crippen LogP contribution is 2.17. The molecular weight excluding hydrogens is 270 g/mol. The number of anilines is 1. The number of nitrogens with one attached hydrogen (secondary N) is 2. The molecule has 0 fully saturated rings. The van der Waals surface area contributed by atoms with Crippen LogP contribution in [0, 0.1) is 0 Å². The lowest BCUT2D eigenvalue weighted by atomic mass is 10.3. The first-order valence-corrected chi connectivity index (χ1v) is 6.61. The number of benzene rings is 1. The summed E-state index contributed by atoms with van der Waals surface area (Å²) in [5, 5.41) is 5.31. The second-order valence-corrected chi connectivity index (χ2v) is 4.55. The van der Waals surface area contributed by atoms with Gasteiger partial charge in [-0.1, -0.05) is 18.7 Å². The number of rotatable bonds is 7. The van der Waals surface area contributed by atoms with Gasteiger partial charge in [0.05, 0.1) is 0 Å². The fraction of sp³-hybridized carbons (Fsp3) is 0.333. The molecule has 0 heterocycles. The molecule has 3 amide bonds. The monoisotopic (exact) mass is 291 g/mol. The Balaban J connectivity index is 2.40. The average molecular weight is 291 g/mol. The minimum atomic E-state index is -0.359. The molecule has 0 aromatic heterocycles. The molecule has 6 heteroatoms. The second kappa shape index (κ2) is 8.63. The Morgan fingerprint density at radius 2 is 2.14 bits per heavy atom. The largest absolute Gasteiger partial charge is 0.489 e. The van der Waals surface area contributed by atoms with Gasteiger partial charge in [0.25, 0.3) is 0 Å². The van der Waals surface area contributed by atoms with Gasteiger partial charge in [0.2, 0.25) is 5.91 Å². The van der Waals surface area contributed by atoms with E-state index >= 15 is 0 Å². The quantitative estimate of drug-likeness (QED) is 0.753. The number of urea groups is 1. The van der Waals surface area contributed by atoms with Crippen molar-refractivity contribution in [2.24, 2.45) is 0 Å². The van der Waals surface area contributed by atoms with Crippen LogP contribution in [0.5, 0.6) is 5.75 Å². The molecule has 0 radical (unpaired) electrons. The van der Waals surface area contributed by atoms with Crippen molar-refractivity contribution in [3.05, 3.63) is 36.9 Å². The topological polar surface area (TPSA) is 70.7 Å². The third kappa shape index (κ3) is 6.47. The van der Waals surface area contributed by atoms with Gasteiger partial charge in [0.15, 0.2) is 0 Å². The van der Waals surface area contributed by atoms with E-state index in [1.54, 1.807) is 44.4 Å². The summed E-state index contributed by atoms with van der Waals surface area (Å²) in [7, 11) is 3.36. The molecule has 0 bridgehead atoms. The molecular formula is C15H21N3O3. The smallest absolute Gasteiger partial charge is 0.319 e. The Bertz CT molecular complexity index is 501. The molecule has 0 spiro atoms. The minimum absolute atomic E-state index is 0.0323. The summed E-state index contributed by atoms with van der Waals surface area (Å²) in [4.78, 5) is 24.5. The molecule has 0 saturated heterocycles. The van der Waals surface area contributed by atoms with Gasteiger partial charge in [-0.3, -0.25) is 4.79 Å². The molecule has 2 N–H and O–H groups in total. The first kappa shape index (κ1) is 16.6. The van der Waals surface area contributed by atoms with Crippen LogP contribution in [0.4, 0.5) is 10.5 Å². The Labute approximate surface area is 124 Å². The zero-order chi connectivity index (χ0) is 15.7. The van der Waals surface area contributed by atoms with Gasteiger partial charge in [-0.15, -0.1) is 0 Å². The van der Waals surface area contributed by atoms with Gasteiger partial charge in [-0.2, -0.15) is 0 Å². The van der Waals surface area contributed by atoms with Crippen LogP contribution in [0.2, 0.25) is 0 Å². The predicted octanol–water partition coefficient (Wildman–Crippen LogP) is 1.85. The lowest BCUT2D eigenvalue weighted by molar-refractivity contribution is -0.128. The first-order chi connectivity index (χ1) is 10.0. The molecule has 0 aliphatic rings. The van der Waals surface area contributed by atoms with E-state index in [4.69, 9.17) is 4.74 Å². The van der Waals surface area contributed by atoms with Crippen LogP contribution in [-0.2, 0) is 4.79 Å². The van der Waals surface area contributed by atoms with Crippen molar-refractivity contribution in [3.63, 3.8) is 0 Å². The summed E-state index contributed by atoms with van der Waals surface area (Å²) < 4.78 is 5.38. The van der Waals surface area contributed by atoms with Crippen molar-refractivity contribution in [2.45, 2.75) is 6.42 Å². The lowest BCUT2D eigenvalue weighted by Crippen LogP contribution is -2.33. The van der Waals surface area contributed by atoms with Gasteiger partial charge in [0.1, 0.15) is 12.4 Å². The average Bonchev–Trinajstić information content (AvgIpc) is 2.45. The van der Waals surface area contributed by atoms with Crippen LogP contribution in [-0.4, -0.2) is 44.1 Å². The molecule has 1 aromatic carbocycles. The van der Waals surface area contributed by atoms with Gasteiger partial charge in [-0.25, -0.2) is 4.79 Å². The maximum Gasteiger partial charge on any atom is 0.319 e. The van der Waals surface area contributed by atoms with Crippen molar-refractivity contribution in [1.29, 1.82) is 0 Å². The summed E-state index contributed by atoms with van der Waals surface area (Å²) in [6.45, 7) is 4.26. The fourth-order valence-electron chi connectivity index (χ4n) is 1.50. The summed E-state index contributed by atoms with van der Waals surface area (Å²) >= 11 is 0. The van der Waals surface area contributed by atoms with Gasteiger partial charge in [0, 0.05) is 38.8 Å². The molecule has 21 heavy (non-hydrogen) atoms. The van der Waals surface area contributed by atoms with Crippen molar-refractivity contribution >= 4 is 17.6 Å². The Kier molecular flexibility index (Phi) is 6.80. The van der Waals surface area contributed by atoms with Crippen molar-refractivity contribution in [2.75, 3.05) is 32.6 Å². The molecule has 6 nitrogen and oxygen atoms in total. The van der Waals surface area contributed by atoms with Crippen LogP contribution < -0.4 is 15.4 Å². The van der Waals surface area contributed by atoms with Crippen molar-refractivity contribution < 1.29 is 14.3 Å². The van der Waals surface area contributed by atoms with Gasteiger partial charge in [-0.05, 0) is 12.1 Å². The number of nitrogens with zero attached hydrogens (tertiary/aromatic N) is 1. The zero-order valence-electron chi connectivity index (χ0n) is 12.4. The molecule has 114 valence electrons. The Morgan fingerprint density at radius 3 is 2.81 bits per heavy atom. The third-order valence-corrected chi connectivity index (χ3v) is 2.58. The van der Waals surface area contributed by atoms with Crippen LogP contribution in [0.25, 0.3) is 0 Å². The van der Waals surface area contributed by atoms with E-state index in [0.29, 0.717) is 18.0 Å². The maximum absolute atomic E-state index is 11.7. The number of ether oxygens (including phenoxy) is 1. The number of carbonyl (C=O) groups excluding carboxylic acids is 2. The summed E-state index contributed by atoms with van der Waals surface area (Å²) in [5.41, 5.74) is 0.619. The van der Waals surface area contributed by atoms with Crippen LogP contribution in [0.1, 0.15) is 6.42 Å². The standard InChI is InChI=1S/C15H21N3O3/c1-4-10-21-13-7-5-6-12(11-13)17-15(20)16-9-8-14(19)18(2)3/h4-7,11H,1,8-10H2,2-3H3,(H2,16,17,20). The van der Waals surface area contributed by atoms with E-state index in [0.717, 1.165) is 0 Å². The molecule has 1 aromatic rings. The minimum Gasteiger partial charge on any atom is -0.489 e. The summed E-state index contributed by atoms with van der Waals surface area (Å²) in [5.74, 6) is 0.616. The predicted molar refractivity (Wildman–Crippen MR) is 82.5 cm³/mol. The summed E-state index contributed by atoms with van der Waals surface area (Å²) in [6, 6.07) is 6.69. The summed E-state index contributed by atoms with van der Waals surface area (Å²) in [6.07, 6.45) is 1.91. The van der Waals surface area contributed by atoms with E-state index < -0.39 is 0 Å². The second-order valence-electron chi connectivity index (χ2n) is 4.55. The highest BCUT2D eigenvalue weighted by molar-refractivity contribution is 5.89. The normalized spacial score (nSPS) is 9.62. The number of amides is 3. The Morgan fingerprint density at radius 1 is 1.38 bits per heavy atom. The number of hydrogen-bond acceptors (Lipinski definition) is 3. The van der Waals surface area contributed by atoms with Crippen LogP contribution >= 0.6 is 0 Å². The van der Waals surface area contributed by atoms with Crippen molar-refractivity contribution in [3.8, 4) is 5.75 Å². The van der Waals surface area contributed by atoms with E-state index in [1.807, 2.05) is 0 Å². The third-order valence-electron chi connectivity index (χ3n) is 2.58. The first-order valence-electron chi connectivity index (χ1n) is 6.61. The molecule has 1 rings (SSSR count). The molecule has 0 aliphatic carbocycles. The number of carbonyl (C=O) groups is 2. The zero-order valence-corrected chi connectivity index (χ0v) is 12.4. The van der Waals surface area contributed by atoms with E-state index in [2.05, 4.69) is 17.2 Å². The van der Waals surface area contributed by atoms with E-state index in [-0.39, 0.29) is 24.9 Å². The molecule has 0 atom stereocenters. The van der Waals surface area contributed by atoms with Gasteiger partial charge < -0.3 is 20.3 Å². The van der Waals surface area contributed by atoms with E-state index in [9.17, 15) is 9.59 Å². The Hall–Kier alpha value is -2.50. The SMILES string of the molecule is C=CCOc1cccc(NC(=O)NCCC(=O)N(C)C)c1. The van der Waals surface area contributed by atoms with Gasteiger partial charge >= 0.3 is 6.03 Å². The fourth-order valence-corrected chi connectivity index (χ4v) is 1.50. The van der Waals surface area contributed by atoms with Crippen molar-refractivity contribution in [1.82, 2.24) is 10.2 Å². The van der Waals surface area contributed by atoms with E-state index in [1.165, 1.54) is 4.90 Å². The van der Waals surface area contributed by atoms with Crippen LogP contribution in [0.15, 0.2) is 36.9 Å². The molecule has 0 unspecified atom stereocenters. The highest BCUT2D eigenvalue weighted by Gasteiger charge is 2.06. The molecule has 0 saturated carbocycles.